The minimum atomic E-state index is -0.466. The highest BCUT2D eigenvalue weighted by molar-refractivity contribution is 5.67. The molecule has 0 heterocycles. The van der Waals surface area contributed by atoms with E-state index in [0.29, 0.717) is 13.0 Å². The van der Waals surface area contributed by atoms with E-state index in [0.717, 1.165) is 0 Å². The van der Waals surface area contributed by atoms with Crippen LogP contribution in [0.25, 0.3) is 0 Å². The first-order valence-electron chi connectivity index (χ1n) is 4.68. The summed E-state index contributed by atoms with van der Waals surface area (Å²) in [5.41, 5.74) is 5.19. The van der Waals surface area contributed by atoms with Gasteiger partial charge in [-0.2, -0.15) is 0 Å². The summed E-state index contributed by atoms with van der Waals surface area (Å²) in [4.78, 5) is 11.2. The Balaban J connectivity index is 3.69. The van der Waals surface area contributed by atoms with Crippen molar-refractivity contribution in [3.63, 3.8) is 0 Å². The van der Waals surface area contributed by atoms with Crippen LogP contribution in [0.4, 0.5) is 4.79 Å². The zero-order valence-electron chi connectivity index (χ0n) is 9.17. The lowest BCUT2D eigenvalue weighted by molar-refractivity contribution is 0.0524. The first-order chi connectivity index (χ1) is 6.35. The van der Waals surface area contributed by atoms with Crippen LogP contribution < -0.4 is 11.1 Å². The van der Waals surface area contributed by atoms with Gasteiger partial charge >= 0.3 is 6.09 Å². The van der Waals surface area contributed by atoms with E-state index in [2.05, 4.69) is 11.9 Å². The average Bonchev–Trinajstić information content (AvgIpc) is 1.98. The second-order valence-electron chi connectivity index (χ2n) is 4.17. The summed E-state index contributed by atoms with van der Waals surface area (Å²) in [6.45, 7) is 9.41. The summed E-state index contributed by atoms with van der Waals surface area (Å²) >= 11 is 0. The SMILES string of the molecule is C=CCC(N)CNC(=O)OC(C)(C)C. The number of alkyl carbamates (subject to hydrolysis) is 1. The summed E-state index contributed by atoms with van der Waals surface area (Å²) in [5.74, 6) is 0. The first-order valence-corrected chi connectivity index (χ1v) is 4.68. The molecule has 82 valence electrons. The van der Waals surface area contributed by atoms with Gasteiger partial charge in [0.2, 0.25) is 0 Å². The number of hydrogen-bond acceptors (Lipinski definition) is 3. The molecule has 4 heteroatoms. The fraction of sp³-hybridized carbons (Fsp3) is 0.700. The predicted octanol–water partition coefficient (Wildman–Crippen LogP) is 1.41. The van der Waals surface area contributed by atoms with E-state index in [1.54, 1.807) is 6.08 Å². The van der Waals surface area contributed by atoms with Gasteiger partial charge in [0, 0.05) is 12.6 Å². The molecule has 0 bridgehead atoms. The third kappa shape index (κ3) is 7.61. The molecule has 0 aromatic rings. The van der Waals surface area contributed by atoms with Crippen molar-refractivity contribution in [2.45, 2.75) is 38.8 Å². The maximum Gasteiger partial charge on any atom is 0.407 e. The van der Waals surface area contributed by atoms with Crippen LogP contribution in [-0.4, -0.2) is 24.3 Å². The molecule has 0 saturated carbocycles. The lowest BCUT2D eigenvalue weighted by Crippen LogP contribution is -2.39. The molecule has 0 rings (SSSR count). The lowest BCUT2D eigenvalue weighted by Gasteiger charge is -2.20. The monoisotopic (exact) mass is 200 g/mol. The molecular weight excluding hydrogens is 180 g/mol. The van der Waals surface area contributed by atoms with Gasteiger partial charge in [0.1, 0.15) is 5.60 Å². The number of amides is 1. The van der Waals surface area contributed by atoms with Crippen molar-refractivity contribution >= 4 is 6.09 Å². The standard InChI is InChI=1S/C10H20N2O2/c1-5-6-8(11)7-12-9(13)14-10(2,3)4/h5,8H,1,6-7,11H2,2-4H3,(H,12,13). The minimum Gasteiger partial charge on any atom is -0.444 e. The molecule has 14 heavy (non-hydrogen) atoms. The molecule has 3 N–H and O–H groups in total. The van der Waals surface area contributed by atoms with Crippen molar-refractivity contribution in [3.05, 3.63) is 12.7 Å². The zero-order chi connectivity index (χ0) is 11.2. The van der Waals surface area contributed by atoms with Gasteiger partial charge in [-0.25, -0.2) is 4.79 Å². The van der Waals surface area contributed by atoms with Gasteiger partial charge < -0.3 is 15.8 Å². The van der Waals surface area contributed by atoms with Crippen LogP contribution in [-0.2, 0) is 4.74 Å². The van der Waals surface area contributed by atoms with Gasteiger partial charge in [-0.15, -0.1) is 6.58 Å². The van der Waals surface area contributed by atoms with Crippen LogP contribution in [0.1, 0.15) is 27.2 Å². The molecule has 0 aliphatic heterocycles. The fourth-order valence-electron chi connectivity index (χ4n) is 0.826. The Bertz CT molecular complexity index is 197. The minimum absolute atomic E-state index is 0.0972. The summed E-state index contributed by atoms with van der Waals surface area (Å²) in [5, 5.41) is 2.59. The molecule has 0 radical (unpaired) electrons. The van der Waals surface area contributed by atoms with E-state index in [9.17, 15) is 4.79 Å². The highest BCUT2D eigenvalue weighted by atomic mass is 16.6. The fourth-order valence-corrected chi connectivity index (χ4v) is 0.826. The Morgan fingerprint density at radius 3 is 2.64 bits per heavy atom. The zero-order valence-corrected chi connectivity index (χ0v) is 9.17. The molecule has 0 spiro atoms. The van der Waals surface area contributed by atoms with Gasteiger partial charge in [-0.05, 0) is 27.2 Å². The first kappa shape index (κ1) is 13.0. The van der Waals surface area contributed by atoms with Crippen molar-refractivity contribution in [3.8, 4) is 0 Å². The number of hydrogen-bond donors (Lipinski definition) is 2. The number of nitrogens with one attached hydrogen (secondary N) is 1. The molecule has 4 nitrogen and oxygen atoms in total. The van der Waals surface area contributed by atoms with Crippen LogP contribution in [0.15, 0.2) is 12.7 Å². The number of carbonyl (C=O) groups is 1. The second kappa shape index (κ2) is 5.65. The summed E-state index contributed by atoms with van der Waals surface area (Å²) in [6.07, 6.45) is 1.97. The van der Waals surface area contributed by atoms with Crippen LogP contribution in [0.2, 0.25) is 0 Å². The number of nitrogens with two attached hydrogens (primary N) is 1. The van der Waals surface area contributed by atoms with Gasteiger partial charge in [-0.3, -0.25) is 0 Å². The van der Waals surface area contributed by atoms with E-state index in [4.69, 9.17) is 10.5 Å². The Hall–Kier alpha value is -1.03. The number of ether oxygens (including phenoxy) is 1. The molecule has 1 amide bonds. The maximum atomic E-state index is 11.2. The Morgan fingerprint density at radius 2 is 2.21 bits per heavy atom. The Kier molecular flexibility index (Phi) is 5.23. The van der Waals surface area contributed by atoms with Gasteiger partial charge in [0.25, 0.3) is 0 Å². The van der Waals surface area contributed by atoms with Crippen molar-refractivity contribution < 1.29 is 9.53 Å². The van der Waals surface area contributed by atoms with Crippen LogP contribution in [0.5, 0.6) is 0 Å². The molecule has 0 aromatic carbocycles. The van der Waals surface area contributed by atoms with Crippen LogP contribution in [0.3, 0.4) is 0 Å². The number of carbonyl (C=O) groups excluding carboxylic acids is 1. The predicted molar refractivity (Wildman–Crippen MR) is 57.0 cm³/mol. The van der Waals surface area contributed by atoms with E-state index in [1.165, 1.54) is 0 Å². The largest absolute Gasteiger partial charge is 0.444 e. The molecule has 1 unspecified atom stereocenters. The third-order valence-electron chi connectivity index (χ3n) is 1.38. The Labute approximate surface area is 85.5 Å². The van der Waals surface area contributed by atoms with Gasteiger partial charge in [0.05, 0.1) is 0 Å². The molecule has 0 aliphatic rings. The highest BCUT2D eigenvalue weighted by Crippen LogP contribution is 2.06. The van der Waals surface area contributed by atoms with Crippen molar-refractivity contribution in [2.75, 3.05) is 6.54 Å². The topological polar surface area (TPSA) is 64.3 Å². The highest BCUT2D eigenvalue weighted by Gasteiger charge is 2.16. The average molecular weight is 200 g/mol. The van der Waals surface area contributed by atoms with Crippen LogP contribution >= 0.6 is 0 Å². The van der Waals surface area contributed by atoms with E-state index < -0.39 is 11.7 Å². The molecule has 0 fully saturated rings. The van der Waals surface area contributed by atoms with E-state index >= 15 is 0 Å². The molecule has 0 saturated heterocycles. The number of rotatable bonds is 4. The lowest BCUT2D eigenvalue weighted by atomic mass is 10.2. The Morgan fingerprint density at radius 1 is 1.64 bits per heavy atom. The smallest absolute Gasteiger partial charge is 0.407 e. The second-order valence-corrected chi connectivity index (χ2v) is 4.17. The molecular formula is C10H20N2O2. The third-order valence-corrected chi connectivity index (χ3v) is 1.38. The molecule has 1 atom stereocenters. The molecule has 0 aliphatic carbocycles. The quantitative estimate of drug-likeness (QED) is 0.674. The van der Waals surface area contributed by atoms with E-state index in [1.807, 2.05) is 20.8 Å². The van der Waals surface area contributed by atoms with Crippen molar-refractivity contribution in [2.24, 2.45) is 5.73 Å². The molecule has 0 aromatic heterocycles. The van der Waals surface area contributed by atoms with Crippen molar-refractivity contribution in [1.82, 2.24) is 5.32 Å². The van der Waals surface area contributed by atoms with Crippen LogP contribution in [0, 0.1) is 0 Å². The van der Waals surface area contributed by atoms with Gasteiger partial charge in [-0.1, -0.05) is 6.08 Å². The summed E-state index contributed by atoms with van der Waals surface area (Å²) < 4.78 is 5.03. The summed E-state index contributed by atoms with van der Waals surface area (Å²) in [6, 6.07) is -0.0972. The van der Waals surface area contributed by atoms with Gasteiger partial charge in [0.15, 0.2) is 0 Å². The van der Waals surface area contributed by atoms with E-state index in [-0.39, 0.29) is 6.04 Å². The summed E-state index contributed by atoms with van der Waals surface area (Å²) in [7, 11) is 0. The normalized spacial score (nSPS) is 13.1. The maximum absolute atomic E-state index is 11.2. The van der Waals surface area contributed by atoms with Crippen molar-refractivity contribution in [1.29, 1.82) is 0 Å².